The van der Waals surface area contributed by atoms with Gasteiger partial charge in [0.25, 0.3) is 0 Å². The summed E-state index contributed by atoms with van der Waals surface area (Å²) in [5, 5.41) is 11.2. The lowest BCUT2D eigenvalue weighted by Gasteiger charge is -2.27. The average molecular weight is 401 g/mol. The zero-order valence-electron chi connectivity index (χ0n) is 13.1. The third-order valence-electron chi connectivity index (χ3n) is 4.25. The van der Waals surface area contributed by atoms with Crippen LogP contribution in [0.1, 0.15) is 17.0 Å². The monoisotopic (exact) mass is 400 g/mol. The van der Waals surface area contributed by atoms with Crippen LogP contribution in [-0.2, 0) is 0 Å². The summed E-state index contributed by atoms with van der Waals surface area (Å²) >= 11 is 13.5. The second kappa shape index (κ2) is 6.33. The minimum Gasteiger partial charge on any atom is -0.439 e. The second-order valence-corrected chi connectivity index (χ2v) is 7.58. The van der Waals surface area contributed by atoms with E-state index in [-0.39, 0.29) is 16.2 Å². The highest BCUT2D eigenvalue weighted by molar-refractivity contribution is 7.16. The van der Waals surface area contributed by atoms with Gasteiger partial charge in [0.1, 0.15) is 17.4 Å². The van der Waals surface area contributed by atoms with Gasteiger partial charge >= 0.3 is 0 Å². The van der Waals surface area contributed by atoms with Crippen molar-refractivity contribution in [2.75, 3.05) is 0 Å². The highest BCUT2D eigenvalue weighted by Gasteiger charge is 2.35. The number of hydrogen-bond acceptors (Lipinski definition) is 5. The molecule has 0 aliphatic carbocycles. The molecule has 7 heteroatoms. The standard InChI is InChI=1S/C19H10Cl2N2O2S/c20-9-5-6-10(13(21)7-9)15-12(8-22)18(23)25-17-11-3-1-2-4-14(11)26-19(24)16(15)17/h1-7,15H,23H2/t15-/m0/s1. The summed E-state index contributed by atoms with van der Waals surface area (Å²) in [6.07, 6.45) is 0. The zero-order chi connectivity index (χ0) is 18.4. The molecule has 0 unspecified atom stereocenters. The molecule has 0 amide bonds. The Morgan fingerprint density at radius 1 is 1.19 bits per heavy atom. The minimum atomic E-state index is -0.707. The highest BCUT2D eigenvalue weighted by Crippen LogP contribution is 2.46. The van der Waals surface area contributed by atoms with E-state index in [4.69, 9.17) is 33.7 Å². The first-order valence-electron chi connectivity index (χ1n) is 7.59. The number of nitriles is 1. The fourth-order valence-corrected chi connectivity index (χ4v) is 4.57. The van der Waals surface area contributed by atoms with Crippen molar-refractivity contribution in [1.29, 1.82) is 5.26 Å². The predicted octanol–water partition coefficient (Wildman–Crippen LogP) is 4.79. The summed E-state index contributed by atoms with van der Waals surface area (Å²) in [6, 6.07) is 14.4. The molecule has 1 aliphatic rings. The molecule has 4 nitrogen and oxygen atoms in total. The Balaban J connectivity index is 2.10. The van der Waals surface area contributed by atoms with Crippen molar-refractivity contribution in [2.45, 2.75) is 5.92 Å². The van der Waals surface area contributed by atoms with Crippen LogP contribution < -0.4 is 15.2 Å². The lowest BCUT2D eigenvalue weighted by atomic mass is 9.84. The zero-order valence-corrected chi connectivity index (χ0v) is 15.5. The van der Waals surface area contributed by atoms with Crippen molar-refractivity contribution >= 4 is 44.6 Å². The van der Waals surface area contributed by atoms with Crippen molar-refractivity contribution in [3.8, 4) is 11.8 Å². The van der Waals surface area contributed by atoms with E-state index in [1.165, 1.54) is 0 Å². The van der Waals surface area contributed by atoms with Crippen LogP contribution in [0.2, 0.25) is 10.0 Å². The number of hydrogen-bond donors (Lipinski definition) is 1. The number of allylic oxidation sites excluding steroid dienone is 1. The van der Waals surface area contributed by atoms with Gasteiger partial charge in [-0.2, -0.15) is 5.26 Å². The van der Waals surface area contributed by atoms with Crippen molar-refractivity contribution in [2.24, 2.45) is 5.73 Å². The Labute approximate surface area is 162 Å². The summed E-state index contributed by atoms with van der Waals surface area (Å²) in [7, 11) is 0. The number of benzene rings is 2. The fourth-order valence-electron chi connectivity index (χ4n) is 3.11. The molecule has 2 N–H and O–H groups in total. The lowest BCUT2D eigenvalue weighted by Crippen LogP contribution is -2.25. The molecule has 1 atom stereocenters. The van der Waals surface area contributed by atoms with Gasteiger partial charge in [0, 0.05) is 20.1 Å². The molecule has 0 saturated carbocycles. The van der Waals surface area contributed by atoms with E-state index in [1.54, 1.807) is 18.2 Å². The molecule has 1 aromatic heterocycles. The summed E-state index contributed by atoms with van der Waals surface area (Å²) in [5.74, 6) is -0.365. The van der Waals surface area contributed by atoms with E-state index >= 15 is 0 Å². The second-order valence-electron chi connectivity index (χ2n) is 5.72. The molecule has 2 aromatic carbocycles. The van der Waals surface area contributed by atoms with Gasteiger partial charge in [-0.25, -0.2) is 0 Å². The Bertz CT molecular complexity index is 1190. The maximum atomic E-state index is 12.9. The molecule has 3 aromatic rings. The van der Waals surface area contributed by atoms with E-state index in [2.05, 4.69) is 6.07 Å². The van der Waals surface area contributed by atoms with Crippen molar-refractivity contribution in [3.05, 3.63) is 84.6 Å². The Morgan fingerprint density at radius 3 is 2.69 bits per heavy atom. The smallest absolute Gasteiger partial charge is 0.240 e. The lowest BCUT2D eigenvalue weighted by molar-refractivity contribution is 0.398. The topological polar surface area (TPSA) is 76.1 Å². The van der Waals surface area contributed by atoms with E-state index in [9.17, 15) is 10.1 Å². The van der Waals surface area contributed by atoms with Gasteiger partial charge in [0.05, 0.1) is 11.5 Å². The molecule has 4 rings (SSSR count). The van der Waals surface area contributed by atoms with Gasteiger partial charge in [-0.3, -0.25) is 4.79 Å². The maximum absolute atomic E-state index is 12.9. The number of nitrogens with two attached hydrogens (primary N) is 1. The van der Waals surface area contributed by atoms with Crippen LogP contribution in [0.5, 0.6) is 5.75 Å². The quantitative estimate of drug-likeness (QED) is 0.636. The van der Waals surface area contributed by atoms with Crippen molar-refractivity contribution < 1.29 is 4.74 Å². The molecule has 1 aliphatic heterocycles. The van der Waals surface area contributed by atoms with Crippen molar-refractivity contribution in [3.63, 3.8) is 0 Å². The van der Waals surface area contributed by atoms with E-state index in [0.717, 1.165) is 21.4 Å². The number of fused-ring (bicyclic) bond motifs is 3. The maximum Gasteiger partial charge on any atom is 0.240 e. The van der Waals surface area contributed by atoms with Gasteiger partial charge in [-0.15, -0.1) is 0 Å². The normalized spacial score (nSPS) is 16.1. The molecular formula is C19H10Cl2N2O2S. The van der Waals surface area contributed by atoms with Crippen LogP contribution in [0.3, 0.4) is 0 Å². The van der Waals surface area contributed by atoms with Gasteiger partial charge in [0.15, 0.2) is 0 Å². The highest BCUT2D eigenvalue weighted by atomic mass is 35.5. The number of nitrogens with zero attached hydrogens (tertiary/aromatic N) is 1. The number of rotatable bonds is 1. The molecule has 26 heavy (non-hydrogen) atoms. The van der Waals surface area contributed by atoms with Crippen LogP contribution in [0.4, 0.5) is 0 Å². The largest absolute Gasteiger partial charge is 0.439 e. The Kier molecular flexibility index (Phi) is 4.12. The Morgan fingerprint density at radius 2 is 1.96 bits per heavy atom. The first kappa shape index (κ1) is 16.9. The average Bonchev–Trinajstić information content (AvgIpc) is 2.61. The van der Waals surface area contributed by atoms with Crippen LogP contribution in [-0.4, -0.2) is 0 Å². The molecule has 0 radical (unpaired) electrons. The van der Waals surface area contributed by atoms with Gasteiger partial charge < -0.3 is 10.5 Å². The van der Waals surface area contributed by atoms with Gasteiger partial charge in [0.2, 0.25) is 10.6 Å². The summed E-state index contributed by atoms with van der Waals surface area (Å²) in [4.78, 5) is 12.9. The molecule has 0 bridgehead atoms. The van der Waals surface area contributed by atoms with Crippen LogP contribution in [0, 0.1) is 11.3 Å². The third-order valence-corrected chi connectivity index (χ3v) is 5.79. The molecule has 128 valence electrons. The summed E-state index contributed by atoms with van der Waals surface area (Å²) in [6.45, 7) is 0. The molecule has 0 fully saturated rings. The third kappa shape index (κ3) is 2.55. The van der Waals surface area contributed by atoms with Gasteiger partial charge in [-0.05, 0) is 29.8 Å². The SMILES string of the molecule is N#CC1=C(N)Oc2c(c(=O)sc3ccccc23)[C@H]1c1ccc(Cl)cc1Cl. The summed E-state index contributed by atoms with van der Waals surface area (Å²) < 4.78 is 6.30. The molecule has 0 spiro atoms. The first-order chi connectivity index (χ1) is 12.5. The molecule has 0 saturated heterocycles. The molecule has 2 heterocycles. The summed E-state index contributed by atoms with van der Waals surface area (Å²) in [5.41, 5.74) is 7.12. The van der Waals surface area contributed by atoms with Crippen molar-refractivity contribution in [1.82, 2.24) is 0 Å². The number of halogens is 2. The van der Waals surface area contributed by atoms with Crippen LogP contribution >= 0.6 is 34.5 Å². The van der Waals surface area contributed by atoms with Crippen LogP contribution in [0.15, 0.2) is 58.7 Å². The van der Waals surface area contributed by atoms with E-state index < -0.39 is 5.92 Å². The van der Waals surface area contributed by atoms with Crippen LogP contribution in [0.25, 0.3) is 10.1 Å². The van der Waals surface area contributed by atoms with E-state index in [1.807, 2.05) is 24.3 Å². The number of ether oxygens (including phenoxy) is 1. The van der Waals surface area contributed by atoms with E-state index in [0.29, 0.717) is 26.9 Å². The first-order valence-corrected chi connectivity index (χ1v) is 9.16. The predicted molar refractivity (Wildman–Crippen MR) is 104 cm³/mol. The van der Waals surface area contributed by atoms with Gasteiger partial charge in [-0.1, -0.05) is 52.7 Å². The Hall–Kier alpha value is -2.52. The minimum absolute atomic E-state index is 0.0308. The molecular weight excluding hydrogens is 391 g/mol. The fraction of sp³-hybridized carbons (Fsp3) is 0.0526.